The predicted molar refractivity (Wildman–Crippen MR) is 200 cm³/mol. The summed E-state index contributed by atoms with van der Waals surface area (Å²) in [4.78, 5) is 35.1. The lowest BCUT2D eigenvalue weighted by molar-refractivity contribution is -0.188. The first-order valence-corrected chi connectivity index (χ1v) is 19.0. The fraction of sp³-hybridized carbons (Fsp3) is 0.674. The highest BCUT2D eigenvalue weighted by Gasteiger charge is 2.54. The van der Waals surface area contributed by atoms with Gasteiger partial charge in [-0.2, -0.15) is 0 Å². The summed E-state index contributed by atoms with van der Waals surface area (Å²) in [7, 11) is 0. The van der Waals surface area contributed by atoms with E-state index in [0.29, 0.717) is 25.7 Å². The number of nitrogens with zero attached hydrogens (tertiary/aromatic N) is 2. The number of hydrogen-bond acceptors (Lipinski definition) is 6. The van der Waals surface area contributed by atoms with Crippen LogP contribution in [0.4, 0.5) is 0 Å². The average Bonchev–Trinajstić information content (AvgIpc) is 2.99. The van der Waals surface area contributed by atoms with Gasteiger partial charge in [-0.3, -0.25) is 19.4 Å². The van der Waals surface area contributed by atoms with Gasteiger partial charge in [-0.25, -0.2) is 0 Å². The molecule has 4 rings (SSSR count). The Morgan fingerprint density at radius 3 is 1.18 bits per heavy atom. The molecule has 2 fully saturated rings. The Bertz CT molecular complexity index is 1230. The van der Waals surface area contributed by atoms with Crippen LogP contribution in [0.25, 0.3) is 0 Å². The van der Waals surface area contributed by atoms with Gasteiger partial charge in [0, 0.05) is 47.8 Å². The van der Waals surface area contributed by atoms with E-state index in [-0.39, 0.29) is 47.2 Å². The van der Waals surface area contributed by atoms with E-state index in [1.165, 1.54) is 0 Å². The minimum atomic E-state index is -1.54. The quantitative estimate of drug-likeness (QED) is 0.147. The van der Waals surface area contributed by atoms with Gasteiger partial charge in [0.05, 0.1) is 0 Å². The monoisotopic (exact) mass is 675 g/mol. The normalized spacial score (nSPS) is 21.3. The lowest BCUT2D eigenvalue weighted by Crippen LogP contribution is -2.63. The second-order valence-corrected chi connectivity index (χ2v) is 17.5. The number of rotatable bonds is 14. The molecule has 0 unspecified atom stereocenters. The molecule has 2 aromatic carbocycles. The van der Waals surface area contributed by atoms with Crippen molar-refractivity contribution in [2.45, 2.75) is 168 Å². The van der Waals surface area contributed by atoms with E-state index in [0.717, 1.165) is 49.9 Å². The number of esters is 2. The SMILES string of the molecule is CCCCN1C(C)(C)CC(OC(=O)C(Cc2ccccc2)(Cc2ccccc2)C(=O)OC2CC(C)(C)N(CCCC)C(C)(C)C2)CC1(C)C. The molecule has 2 aromatic rings. The van der Waals surface area contributed by atoms with Gasteiger partial charge >= 0.3 is 11.9 Å². The van der Waals surface area contributed by atoms with Gasteiger partial charge in [0.25, 0.3) is 0 Å². The Labute approximate surface area is 298 Å². The molecule has 2 saturated heterocycles. The standard InChI is InChI=1S/C43H66N2O4/c1-11-13-25-44-39(3,4)29-35(30-40(44,5)6)48-37(46)43(27-33-21-17-15-18-22-33,28-34-23-19-16-20-24-34)38(47)49-36-31-41(7,8)45(26-14-12-2)42(9,10)32-36/h15-24,35-36H,11-14,25-32H2,1-10H3. The molecule has 0 atom stereocenters. The number of unbranched alkanes of at least 4 members (excludes halogenated alkanes) is 2. The molecule has 0 amide bonds. The molecular weight excluding hydrogens is 608 g/mol. The Morgan fingerprint density at radius 2 is 0.898 bits per heavy atom. The van der Waals surface area contributed by atoms with Crippen LogP contribution in [0.5, 0.6) is 0 Å². The number of benzene rings is 2. The van der Waals surface area contributed by atoms with Crippen LogP contribution in [0.2, 0.25) is 0 Å². The van der Waals surface area contributed by atoms with Crippen molar-refractivity contribution in [1.29, 1.82) is 0 Å². The van der Waals surface area contributed by atoms with Gasteiger partial charge in [-0.05, 0) is 105 Å². The van der Waals surface area contributed by atoms with Crippen molar-refractivity contribution >= 4 is 11.9 Å². The topological polar surface area (TPSA) is 59.1 Å². The van der Waals surface area contributed by atoms with E-state index >= 15 is 0 Å². The molecule has 0 saturated carbocycles. The number of carbonyl (C=O) groups is 2. The third-order valence-electron chi connectivity index (χ3n) is 11.3. The lowest BCUT2D eigenvalue weighted by Gasteiger charge is -2.55. The second kappa shape index (κ2) is 15.7. The van der Waals surface area contributed by atoms with Gasteiger partial charge in [-0.15, -0.1) is 0 Å². The predicted octanol–water partition coefficient (Wildman–Crippen LogP) is 9.19. The fourth-order valence-electron chi connectivity index (χ4n) is 9.31. The van der Waals surface area contributed by atoms with E-state index in [1.807, 2.05) is 60.7 Å². The van der Waals surface area contributed by atoms with Crippen molar-refractivity contribution in [3.63, 3.8) is 0 Å². The van der Waals surface area contributed by atoms with Crippen LogP contribution >= 0.6 is 0 Å². The van der Waals surface area contributed by atoms with Gasteiger partial charge < -0.3 is 9.47 Å². The van der Waals surface area contributed by atoms with Crippen molar-refractivity contribution in [1.82, 2.24) is 9.80 Å². The maximum absolute atomic E-state index is 15.0. The molecule has 49 heavy (non-hydrogen) atoms. The molecule has 2 aliphatic heterocycles. The summed E-state index contributed by atoms with van der Waals surface area (Å²) in [5.74, 6) is -0.939. The Balaban J connectivity index is 1.71. The van der Waals surface area contributed by atoms with E-state index in [9.17, 15) is 9.59 Å². The average molecular weight is 675 g/mol. The molecule has 6 heteroatoms. The van der Waals surface area contributed by atoms with E-state index < -0.39 is 17.4 Å². The zero-order valence-corrected chi connectivity index (χ0v) is 32.4. The van der Waals surface area contributed by atoms with E-state index in [4.69, 9.17) is 9.47 Å². The zero-order valence-electron chi connectivity index (χ0n) is 32.4. The molecule has 0 aromatic heterocycles. The highest BCUT2D eigenvalue weighted by Crippen LogP contribution is 2.44. The van der Waals surface area contributed by atoms with Gasteiger partial charge in [0.15, 0.2) is 5.41 Å². The highest BCUT2D eigenvalue weighted by atomic mass is 16.6. The number of hydrogen-bond donors (Lipinski definition) is 0. The molecule has 6 nitrogen and oxygen atoms in total. The summed E-state index contributed by atoms with van der Waals surface area (Å²) in [6.07, 6.45) is 7.19. The van der Waals surface area contributed by atoms with Crippen LogP contribution in [0.15, 0.2) is 60.7 Å². The third kappa shape index (κ3) is 9.35. The van der Waals surface area contributed by atoms with Crippen LogP contribution < -0.4 is 0 Å². The van der Waals surface area contributed by atoms with Crippen molar-refractivity contribution in [2.75, 3.05) is 13.1 Å². The first kappa shape index (κ1) is 39.1. The van der Waals surface area contributed by atoms with Crippen molar-refractivity contribution < 1.29 is 19.1 Å². The Hall–Kier alpha value is -2.70. The summed E-state index contributed by atoms with van der Waals surface area (Å²) in [6.45, 7) is 24.6. The third-order valence-corrected chi connectivity index (χ3v) is 11.3. The molecule has 0 N–H and O–H groups in total. The van der Waals surface area contributed by atoms with Gasteiger partial charge in [-0.1, -0.05) is 87.4 Å². The molecule has 0 aliphatic carbocycles. The van der Waals surface area contributed by atoms with E-state index in [1.54, 1.807) is 0 Å². The van der Waals surface area contributed by atoms with Crippen molar-refractivity contribution in [2.24, 2.45) is 5.41 Å². The fourth-order valence-corrected chi connectivity index (χ4v) is 9.31. The molecule has 2 heterocycles. The number of ether oxygens (including phenoxy) is 2. The highest BCUT2D eigenvalue weighted by molar-refractivity contribution is 6.01. The molecule has 0 bridgehead atoms. The smallest absolute Gasteiger partial charge is 0.324 e. The van der Waals surface area contributed by atoms with Gasteiger partial charge in [0.1, 0.15) is 12.2 Å². The summed E-state index contributed by atoms with van der Waals surface area (Å²) >= 11 is 0. The van der Waals surface area contributed by atoms with Crippen LogP contribution in [0, 0.1) is 5.41 Å². The summed E-state index contributed by atoms with van der Waals surface area (Å²) < 4.78 is 13.2. The van der Waals surface area contributed by atoms with Crippen molar-refractivity contribution in [3.05, 3.63) is 71.8 Å². The van der Waals surface area contributed by atoms with Crippen LogP contribution in [-0.2, 0) is 31.9 Å². The minimum Gasteiger partial charge on any atom is -0.461 e. The maximum Gasteiger partial charge on any atom is 0.324 e. The first-order chi connectivity index (χ1) is 23.0. The molecule has 2 aliphatic rings. The van der Waals surface area contributed by atoms with E-state index in [2.05, 4.69) is 79.0 Å². The number of likely N-dealkylation sites (tertiary alicyclic amines) is 2. The summed E-state index contributed by atoms with van der Waals surface area (Å²) in [5, 5.41) is 0. The Morgan fingerprint density at radius 1 is 0.592 bits per heavy atom. The minimum absolute atomic E-state index is 0.160. The van der Waals surface area contributed by atoms with Crippen LogP contribution in [0.1, 0.15) is 132 Å². The molecular formula is C43H66N2O4. The largest absolute Gasteiger partial charge is 0.461 e. The second-order valence-electron chi connectivity index (χ2n) is 17.5. The summed E-state index contributed by atoms with van der Waals surface area (Å²) in [6, 6.07) is 19.8. The number of piperidine rings is 2. The molecule has 272 valence electrons. The Kier molecular flexibility index (Phi) is 12.5. The number of carbonyl (C=O) groups excluding carboxylic acids is 2. The van der Waals surface area contributed by atoms with Crippen molar-refractivity contribution in [3.8, 4) is 0 Å². The lowest BCUT2D eigenvalue weighted by atomic mass is 9.74. The zero-order chi connectivity index (χ0) is 36.1. The first-order valence-electron chi connectivity index (χ1n) is 19.0. The summed E-state index contributed by atoms with van der Waals surface area (Å²) in [5.41, 5.74) is -0.349. The van der Waals surface area contributed by atoms with Crippen LogP contribution in [0.3, 0.4) is 0 Å². The van der Waals surface area contributed by atoms with Gasteiger partial charge in [0.2, 0.25) is 0 Å². The molecule has 0 spiro atoms. The van der Waals surface area contributed by atoms with Crippen LogP contribution in [-0.4, -0.2) is 69.2 Å². The molecule has 0 radical (unpaired) electrons. The maximum atomic E-state index is 15.0.